The SMILES string of the molecule is CN(C(=O)OCc1cc[n+](C)cc1)C1=C(/C=C/C2=[N+](CCOP(=O)([O-])[O-])c3ccccc3C2(C)C)CC/C1=C\C=C1\N(CCOP(=O)([O-])[O-])c2ccccc2C1(C)C.[Na+].[Na+]. The Morgan fingerprint density at radius 2 is 1.45 bits per heavy atom. The molecule has 0 radical (unpaired) electrons. The number of ether oxygens (including phenoxy) is 1. The number of rotatable bonds is 14. The van der Waals surface area contributed by atoms with Crippen LogP contribution in [0, 0.1) is 0 Å². The molecule has 0 saturated carbocycles. The second kappa shape index (κ2) is 20.3. The number of carbonyl (C=O) groups excluding carboxylic acids is 1. The maximum atomic E-state index is 13.8. The number of anilines is 1. The summed E-state index contributed by atoms with van der Waals surface area (Å²) in [5.74, 6) is 0. The minimum Gasteiger partial charge on any atom is -0.790 e. The first-order chi connectivity index (χ1) is 27.3. The summed E-state index contributed by atoms with van der Waals surface area (Å²) in [6.45, 7) is 7.91. The molecule has 0 bridgehead atoms. The van der Waals surface area contributed by atoms with Crippen molar-refractivity contribution in [1.29, 1.82) is 0 Å². The molecule has 2 aromatic carbocycles. The summed E-state index contributed by atoms with van der Waals surface area (Å²) in [7, 11) is -6.79. The quantitative estimate of drug-likeness (QED) is 0.0999. The molecule has 0 atom stereocenters. The molecule has 2 aliphatic heterocycles. The Kier molecular flexibility index (Phi) is 17.0. The Bertz CT molecular complexity index is 2330. The summed E-state index contributed by atoms with van der Waals surface area (Å²) in [6.07, 6.45) is 12.2. The van der Waals surface area contributed by atoms with E-state index >= 15 is 0 Å². The Morgan fingerprint density at radius 3 is 2.12 bits per heavy atom. The Balaban J connectivity index is 0.00000397. The molecule has 14 nitrogen and oxygen atoms in total. The van der Waals surface area contributed by atoms with Gasteiger partial charge in [0.2, 0.25) is 5.69 Å². The van der Waals surface area contributed by atoms with E-state index in [4.69, 9.17) is 4.74 Å². The predicted molar refractivity (Wildman–Crippen MR) is 210 cm³/mol. The number of allylic oxidation sites excluding steroid dienone is 7. The summed E-state index contributed by atoms with van der Waals surface area (Å²) in [4.78, 5) is 62.6. The minimum atomic E-state index is -5.18. The normalized spacial score (nSPS) is 18.2. The largest absolute Gasteiger partial charge is 1.00 e. The monoisotopic (exact) mass is 876 g/mol. The molecule has 1 amide bonds. The number of phosphoric acid groups is 2. The number of fused-ring (bicyclic) bond motifs is 2. The predicted octanol–water partition coefficient (Wildman–Crippen LogP) is -1.93. The first-order valence-corrected chi connectivity index (χ1v) is 21.8. The van der Waals surface area contributed by atoms with Crippen LogP contribution in [0.1, 0.15) is 57.2 Å². The van der Waals surface area contributed by atoms with Crippen molar-refractivity contribution in [3.8, 4) is 0 Å². The number of aromatic nitrogens is 1. The van der Waals surface area contributed by atoms with Crippen LogP contribution < -0.4 is 88.2 Å². The number of likely N-dealkylation sites (N-methyl/N-ethyl adjacent to an activating group) is 1. The molecule has 6 rings (SSSR count). The number of carbonyl (C=O) groups is 1. The molecule has 18 heteroatoms. The average Bonchev–Trinajstić information content (AvgIpc) is 3.73. The van der Waals surface area contributed by atoms with E-state index < -0.39 is 32.6 Å². The molecule has 0 saturated heterocycles. The molecule has 1 aromatic heterocycles. The van der Waals surface area contributed by atoms with Gasteiger partial charge in [0, 0.05) is 65.8 Å². The maximum Gasteiger partial charge on any atom is 1.00 e. The van der Waals surface area contributed by atoms with Gasteiger partial charge < -0.3 is 47.4 Å². The van der Waals surface area contributed by atoms with Crippen LogP contribution in [-0.2, 0) is 47.4 Å². The van der Waals surface area contributed by atoms with Crippen LogP contribution in [0.5, 0.6) is 0 Å². The molecule has 308 valence electrons. The summed E-state index contributed by atoms with van der Waals surface area (Å²) < 4.78 is 41.6. The van der Waals surface area contributed by atoms with E-state index in [2.05, 4.69) is 36.7 Å². The number of nitrogens with zero attached hydrogens (tertiary/aromatic N) is 4. The van der Waals surface area contributed by atoms with Gasteiger partial charge in [0.1, 0.15) is 20.3 Å². The molecular weight excluding hydrogens is 828 g/mol. The van der Waals surface area contributed by atoms with E-state index in [9.17, 15) is 33.5 Å². The second-order valence-corrected chi connectivity index (χ2v) is 17.8. The van der Waals surface area contributed by atoms with Crippen LogP contribution in [0.2, 0.25) is 0 Å². The third-order valence-corrected chi connectivity index (χ3v) is 11.9. The molecule has 60 heavy (non-hydrogen) atoms. The fraction of sp³-hybridized carbons (Fsp3) is 0.357. The number of hydrogen-bond acceptors (Lipinski definition) is 11. The fourth-order valence-electron chi connectivity index (χ4n) is 8.04. The van der Waals surface area contributed by atoms with E-state index in [0.29, 0.717) is 18.5 Å². The minimum absolute atomic E-state index is 0. The maximum absolute atomic E-state index is 13.8. The Labute approximate surface area is 396 Å². The molecule has 3 aliphatic rings. The summed E-state index contributed by atoms with van der Waals surface area (Å²) in [5, 5.41) is 0. The van der Waals surface area contributed by atoms with Gasteiger partial charge in [0.25, 0.3) is 0 Å². The van der Waals surface area contributed by atoms with Crippen LogP contribution in [0.15, 0.2) is 120 Å². The molecule has 3 heterocycles. The van der Waals surface area contributed by atoms with Crippen molar-refractivity contribution < 1.29 is 116 Å². The number of hydrogen-bond donors (Lipinski definition) is 0. The van der Waals surface area contributed by atoms with Crippen molar-refractivity contribution in [2.45, 2.75) is 58.0 Å². The van der Waals surface area contributed by atoms with Gasteiger partial charge in [-0.25, -0.2) is 9.36 Å². The van der Waals surface area contributed by atoms with Crippen LogP contribution in [0.4, 0.5) is 16.2 Å². The Hall–Kier alpha value is -2.49. The van der Waals surface area contributed by atoms with Crippen LogP contribution in [0.25, 0.3) is 0 Å². The first-order valence-electron chi connectivity index (χ1n) is 18.9. The van der Waals surface area contributed by atoms with Crippen LogP contribution in [0.3, 0.4) is 0 Å². The summed E-state index contributed by atoms with van der Waals surface area (Å²) in [6, 6.07) is 19.3. The van der Waals surface area contributed by atoms with Crippen molar-refractivity contribution in [3.63, 3.8) is 0 Å². The number of aryl methyl sites for hydroxylation is 1. The zero-order valence-corrected chi connectivity index (χ0v) is 41.2. The van der Waals surface area contributed by atoms with E-state index in [1.54, 1.807) is 7.05 Å². The number of phosphoric ester groups is 2. The molecule has 0 unspecified atom stereocenters. The second-order valence-electron chi connectivity index (χ2n) is 15.5. The van der Waals surface area contributed by atoms with Crippen LogP contribution in [-0.4, -0.2) is 54.6 Å². The van der Waals surface area contributed by atoms with Gasteiger partial charge in [0.05, 0.1) is 33.4 Å². The smallest absolute Gasteiger partial charge is 0.790 e. The van der Waals surface area contributed by atoms with E-state index in [1.165, 1.54) is 4.90 Å². The van der Waals surface area contributed by atoms with Crippen molar-refractivity contribution in [2.24, 2.45) is 7.05 Å². The van der Waals surface area contributed by atoms with Crippen LogP contribution >= 0.6 is 15.6 Å². The topological polar surface area (TPSA) is 185 Å². The molecule has 0 N–H and O–H groups in total. The summed E-state index contributed by atoms with van der Waals surface area (Å²) >= 11 is 0. The molecule has 0 fully saturated rings. The van der Waals surface area contributed by atoms with E-state index in [1.807, 2.05) is 118 Å². The van der Waals surface area contributed by atoms with E-state index in [-0.39, 0.29) is 92.0 Å². The molecular formula is C42H48N4Na2O10P2. The number of amides is 1. The van der Waals surface area contributed by atoms with Gasteiger partial charge in [-0.15, -0.1) is 0 Å². The molecule has 3 aromatic rings. The zero-order valence-electron chi connectivity index (χ0n) is 35.5. The molecule has 1 aliphatic carbocycles. The van der Waals surface area contributed by atoms with Crippen molar-refractivity contribution in [2.75, 3.05) is 38.3 Å². The standard InChI is InChI=1S/C42H50N4O10P2.2Na/c1-41(2)33-11-7-9-13-35(33)45(25-27-55-57(48,49)50)37(41)19-17-31-15-16-32(39(31)44(6)40(47)54-29-30-21-23-43(5)24-22-30)18-20-38-42(3,4)34-12-8-10-14-36(34)46(38)26-28-56-58(51,52)53;;/h7-14,17-24H,15-16,25-29H2,1-6H3,(H2-2,48,49,50,51,52,53);;/q;2*+1/p-2. The zero-order chi connectivity index (χ0) is 42.0. The van der Waals surface area contributed by atoms with Crippen molar-refractivity contribution >= 4 is 38.8 Å². The fourth-order valence-corrected chi connectivity index (χ4v) is 8.65. The number of para-hydroxylation sites is 2. The number of benzene rings is 2. The first kappa shape index (κ1) is 50.2. The third kappa shape index (κ3) is 11.5. The van der Waals surface area contributed by atoms with Gasteiger partial charge in [0.15, 0.2) is 24.7 Å². The van der Waals surface area contributed by atoms with E-state index in [0.717, 1.165) is 50.6 Å². The van der Waals surface area contributed by atoms with Gasteiger partial charge >= 0.3 is 65.2 Å². The Morgan fingerprint density at radius 1 is 0.833 bits per heavy atom. The number of pyridine rings is 1. The van der Waals surface area contributed by atoms with Gasteiger partial charge in [-0.3, -0.25) is 4.90 Å². The summed E-state index contributed by atoms with van der Waals surface area (Å²) in [5.41, 5.74) is 7.66. The van der Waals surface area contributed by atoms with Gasteiger partial charge in [-0.05, 0) is 55.5 Å². The third-order valence-electron chi connectivity index (χ3n) is 10.9. The van der Waals surface area contributed by atoms with Crippen molar-refractivity contribution in [1.82, 2.24) is 4.90 Å². The van der Waals surface area contributed by atoms with Gasteiger partial charge in [-0.1, -0.05) is 62.4 Å². The average molecular weight is 877 g/mol. The van der Waals surface area contributed by atoms with Gasteiger partial charge in [-0.2, -0.15) is 4.58 Å². The molecule has 0 spiro atoms. The van der Waals surface area contributed by atoms with Crippen molar-refractivity contribution in [3.05, 3.63) is 137 Å².